The Morgan fingerprint density at radius 2 is 2.08 bits per heavy atom. The third-order valence-electron chi connectivity index (χ3n) is 6.31. The molecule has 2 unspecified atom stereocenters. The predicted molar refractivity (Wildman–Crippen MR) is 87.8 cm³/mol. The highest BCUT2D eigenvalue weighted by atomic mass is 35.5. The highest BCUT2D eigenvalue weighted by Crippen LogP contribution is 2.64. The van der Waals surface area contributed by atoms with E-state index in [9.17, 15) is 14.7 Å². The van der Waals surface area contributed by atoms with Crippen molar-refractivity contribution in [3.05, 3.63) is 21.6 Å². The van der Waals surface area contributed by atoms with Crippen LogP contribution in [-0.2, 0) is 10.3 Å². The van der Waals surface area contributed by atoms with E-state index in [0.29, 0.717) is 23.9 Å². The maximum absolute atomic E-state index is 12.8. The number of nitrogens with one attached hydrogen (secondary N) is 1. The first-order chi connectivity index (χ1) is 11.4. The van der Waals surface area contributed by atoms with Crippen LogP contribution < -0.4 is 16.0 Å². The highest BCUT2D eigenvalue weighted by molar-refractivity contribution is 6.32. The number of halogens is 1. The van der Waals surface area contributed by atoms with Gasteiger partial charge < -0.3 is 15.2 Å². The van der Waals surface area contributed by atoms with Gasteiger partial charge in [0.1, 0.15) is 5.02 Å². The molecule has 7 heteroatoms. The van der Waals surface area contributed by atoms with Crippen LogP contribution >= 0.6 is 11.6 Å². The van der Waals surface area contributed by atoms with Gasteiger partial charge in [-0.05, 0) is 62.2 Å². The molecule has 0 radical (unpaired) electrons. The Kier molecular flexibility index (Phi) is 3.46. The Hall–Kier alpha value is -1.56. The number of carbonyl (C=O) groups is 1. The van der Waals surface area contributed by atoms with Gasteiger partial charge in [-0.1, -0.05) is 11.6 Å². The molecule has 4 aliphatic carbocycles. The van der Waals surface area contributed by atoms with Gasteiger partial charge in [-0.25, -0.2) is 4.68 Å². The Morgan fingerprint density at radius 1 is 1.42 bits per heavy atom. The van der Waals surface area contributed by atoms with E-state index < -0.39 is 11.5 Å². The molecular formula is C17H21ClN3O3-. The van der Waals surface area contributed by atoms with Gasteiger partial charge >= 0.3 is 0 Å². The number of hydrogen-bond acceptors (Lipinski definition) is 5. The van der Waals surface area contributed by atoms with Gasteiger partial charge in [0.15, 0.2) is 0 Å². The molecule has 0 aliphatic heterocycles. The highest BCUT2D eigenvalue weighted by Gasteiger charge is 2.59. The minimum Gasteiger partial charge on any atom is -0.550 e. The maximum atomic E-state index is 12.8. The van der Waals surface area contributed by atoms with Crippen LogP contribution in [0.2, 0.25) is 5.02 Å². The molecule has 0 amide bonds. The summed E-state index contributed by atoms with van der Waals surface area (Å²) in [4.78, 5) is 24.1. The van der Waals surface area contributed by atoms with Gasteiger partial charge in [-0.2, -0.15) is 5.10 Å². The molecule has 1 N–H and O–H groups in total. The van der Waals surface area contributed by atoms with E-state index in [2.05, 4.69) is 10.4 Å². The molecule has 4 fully saturated rings. The number of aromatic nitrogens is 2. The molecule has 0 saturated heterocycles. The van der Waals surface area contributed by atoms with Crippen molar-refractivity contribution < 1.29 is 9.90 Å². The largest absolute Gasteiger partial charge is 0.550 e. The number of carboxylic acid groups (broad SMARTS) is 1. The van der Waals surface area contributed by atoms with Gasteiger partial charge in [0.2, 0.25) is 0 Å². The van der Waals surface area contributed by atoms with Crippen LogP contribution in [0.5, 0.6) is 0 Å². The quantitative estimate of drug-likeness (QED) is 0.886. The van der Waals surface area contributed by atoms with Gasteiger partial charge in [-0.3, -0.25) is 4.79 Å². The topological polar surface area (TPSA) is 87.1 Å². The maximum Gasteiger partial charge on any atom is 0.288 e. The number of carbonyl (C=O) groups excluding carboxylic acids is 1. The second kappa shape index (κ2) is 5.22. The summed E-state index contributed by atoms with van der Waals surface area (Å²) in [5, 5.41) is 18.7. The van der Waals surface area contributed by atoms with Crippen molar-refractivity contribution in [3.8, 4) is 0 Å². The summed E-state index contributed by atoms with van der Waals surface area (Å²) in [6.07, 6.45) is 7.12. The number of anilines is 1. The van der Waals surface area contributed by atoms with Crippen molar-refractivity contribution in [2.45, 2.75) is 50.5 Å². The van der Waals surface area contributed by atoms with E-state index in [4.69, 9.17) is 11.6 Å². The first-order valence-electron chi connectivity index (χ1n) is 8.52. The molecule has 0 aromatic carbocycles. The fourth-order valence-corrected chi connectivity index (χ4v) is 6.33. The van der Waals surface area contributed by atoms with Crippen LogP contribution in [0.25, 0.3) is 0 Å². The summed E-state index contributed by atoms with van der Waals surface area (Å²) in [6, 6.07) is 0. The van der Waals surface area contributed by atoms with Gasteiger partial charge in [-0.15, -0.1) is 0 Å². The Morgan fingerprint density at radius 3 is 2.67 bits per heavy atom. The fourth-order valence-electron chi connectivity index (χ4n) is 6.11. The molecule has 0 spiro atoms. The van der Waals surface area contributed by atoms with E-state index in [1.54, 1.807) is 17.9 Å². The minimum absolute atomic E-state index is 0.0822. The lowest BCUT2D eigenvalue weighted by atomic mass is 9.46. The van der Waals surface area contributed by atoms with Crippen molar-refractivity contribution in [2.75, 3.05) is 12.4 Å². The zero-order valence-electron chi connectivity index (χ0n) is 13.7. The van der Waals surface area contributed by atoms with Gasteiger partial charge in [0, 0.05) is 13.0 Å². The molecule has 4 aliphatic rings. The third kappa shape index (κ3) is 2.26. The van der Waals surface area contributed by atoms with Crippen LogP contribution in [0.4, 0.5) is 5.69 Å². The van der Waals surface area contributed by atoms with Crippen molar-refractivity contribution >= 4 is 23.3 Å². The zero-order valence-corrected chi connectivity index (χ0v) is 14.4. The molecule has 1 aromatic rings. The van der Waals surface area contributed by atoms with Crippen LogP contribution in [0.1, 0.15) is 44.9 Å². The van der Waals surface area contributed by atoms with Crippen molar-refractivity contribution in [2.24, 2.45) is 17.3 Å². The van der Waals surface area contributed by atoms with E-state index in [1.165, 1.54) is 0 Å². The summed E-state index contributed by atoms with van der Waals surface area (Å²) in [5.41, 5.74) is -0.411. The molecule has 4 saturated carbocycles. The van der Waals surface area contributed by atoms with Crippen LogP contribution in [0.3, 0.4) is 0 Å². The zero-order chi connectivity index (χ0) is 17.1. The normalized spacial score (nSPS) is 36.8. The molecular weight excluding hydrogens is 330 g/mol. The average molecular weight is 351 g/mol. The van der Waals surface area contributed by atoms with E-state index >= 15 is 0 Å². The Labute approximate surface area is 145 Å². The van der Waals surface area contributed by atoms with Crippen molar-refractivity contribution in [1.82, 2.24) is 9.78 Å². The smallest absolute Gasteiger partial charge is 0.288 e. The number of hydrogen-bond donors (Lipinski definition) is 1. The van der Waals surface area contributed by atoms with Crippen molar-refractivity contribution in [1.29, 1.82) is 0 Å². The molecule has 1 heterocycles. The fraction of sp³-hybridized carbons (Fsp3) is 0.706. The summed E-state index contributed by atoms with van der Waals surface area (Å²) < 4.78 is 1.55. The molecule has 1 aromatic heterocycles. The lowest BCUT2D eigenvalue weighted by molar-refractivity contribution is -0.310. The van der Waals surface area contributed by atoms with Crippen LogP contribution in [-0.4, -0.2) is 22.8 Å². The lowest BCUT2D eigenvalue weighted by Crippen LogP contribution is -2.60. The first kappa shape index (κ1) is 15.9. The van der Waals surface area contributed by atoms with Gasteiger partial charge in [0.05, 0.1) is 17.4 Å². The standard InChI is InChI=1S/C17H22ClN3O3/c1-19-12-8-20-21(15(24)14(12)18)17-5-10-2-11(6-17)4-16(3-10,9-17)7-13(22)23/h8,10-11,19H,2-7,9H2,1H3,(H,22,23)/p-1/t10-,11+,16?,17?. The molecule has 5 rings (SSSR count). The Bertz CT molecular complexity index is 746. The molecule has 130 valence electrons. The third-order valence-corrected chi connectivity index (χ3v) is 6.67. The van der Waals surface area contributed by atoms with Crippen LogP contribution in [0.15, 0.2) is 11.0 Å². The second-order valence-corrected chi connectivity index (χ2v) is 8.45. The summed E-state index contributed by atoms with van der Waals surface area (Å²) in [7, 11) is 1.70. The average Bonchev–Trinajstić information content (AvgIpc) is 2.47. The minimum atomic E-state index is -0.990. The molecule has 4 bridgehead atoms. The predicted octanol–water partition coefficient (Wildman–Crippen LogP) is 1.37. The van der Waals surface area contributed by atoms with Crippen LogP contribution in [0, 0.1) is 17.3 Å². The number of carboxylic acids is 1. The summed E-state index contributed by atoms with van der Waals surface area (Å²) in [6.45, 7) is 0. The monoisotopic (exact) mass is 350 g/mol. The number of nitrogens with zero attached hydrogens (tertiary/aromatic N) is 2. The lowest BCUT2D eigenvalue weighted by Gasteiger charge is -2.62. The SMILES string of the molecule is CNc1cnn(C23C[C@@H]4C[C@@H](CC(CC(=O)[O-])(C4)C2)C3)c(=O)c1Cl. The summed E-state index contributed by atoms with van der Waals surface area (Å²) in [5.74, 6) is -0.0694. The van der Waals surface area contributed by atoms with Crippen molar-refractivity contribution in [3.63, 3.8) is 0 Å². The van der Waals surface area contributed by atoms with E-state index in [1.807, 2.05) is 0 Å². The first-order valence-corrected chi connectivity index (χ1v) is 8.90. The van der Waals surface area contributed by atoms with E-state index in [0.717, 1.165) is 32.1 Å². The molecule has 24 heavy (non-hydrogen) atoms. The number of aliphatic carboxylic acids is 1. The summed E-state index contributed by atoms with van der Waals surface area (Å²) >= 11 is 6.22. The Balaban J connectivity index is 1.79. The number of rotatable bonds is 4. The molecule has 4 atom stereocenters. The van der Waals surface area contributed by atoms with E-state index in [-0.39, 0.29) is 22.4 Å². The molecule has 6 nitrogen and oxygen atoms in total. The van der Waals surface area contributed by atoms with Gasteiger partial charge in [0.25, 0.3) is 5.56 Å². The second-order valence-electron chi connectivity index (χ2n) is 8.07.